The summed E-state index contributed by atoms with van der Waals surface area (Å²) in [7, 11) is 0. The lowest BCUT2D eigenvalue weighted by molar-refractivity contribution is -0.139. The molecule has 0 spiro atoms. The minimum Gasteiger partial charge on any atom is -0.335 e. The van der Waals surface area contributed by atoms with Gasteiger partial charge in [-0.15, -0.1) is 0 Å². The monoisotopic (exact) mass is 405 g/mol. The highest BCUT2D eigenvalue weighted by Crippen LogP contribution is 2.43. The number of nitrogens with zero attached hydrogens (tertiary/aromatic N) is 3. The van der Waals surface area contributed by atoms with E-state index in [-0.39, 0.29) is 29.4 Å². The Hall–Kier alpha value is -3.02. The summed E-state index contributed by atoms with van der Waals surface area (Å²) in [5.74, 6) is 0.0744. The third-order valence-electron chi connectivity index (χ3n) is 6.77. The molecule has 1 aromatic heterocycles. The highest BCUT2D eigenvalue weighted by atomic mass is 19.1. The second kappa shape index (κ2) is 7.35. The quantitative estimate of drug-likeness (QED) is 0.661. The van der Waals surface area contributed by atoms with Crippen LogP contribution in [0.5, 0.6) is 0 Å². The summed E-state index contributed by atoms with van der Waals surface area (Å²) in [6.45, 7) is 1.76. The average molecular weight is 405 g/mol. The fourth-order valence-electron chi connectivity index (χ4n) is 5.24. The van der Waals surface area contributed by atoms with Gasteiger partial charge in [-0.1, -0.05) is 30.3 Å². The fraction of sp³-hybridized carbons (Fsp3) is 0.375. The molecule has 6 heteroatoms. The van der Waals surface area contributed by atoms with Gasteiger partial charge >= 0.3 is 0 Å². The number of carbonyl (C=O) groups excluding carboxylic acids is 1. The Bertz CT molecular complexity index is 1140. The van der Waals surface area contributed by atoms with E-state index in [1.165, 1.54) is 16.8 Å². The summed E-state index contributed by atoms with van der Waals surface area (Å²) in [6.07, 6.45) is 5.35. The standard InChI is InChI=1S/C24H24FN3O2/c1-15(28-24(30)22-5-3-2-4-17(22)14-26-28)23(29)27-20-10-11-21(27)13-18(12-20)16-6-8-19(25)9-7-16/h2-9,14-15,18,20-21H,10-13H2,1H3/t15-,20+,21+/m0/s1. The lowest BCUT2D eigenvalue weighted by atomic mass is 9.85. The Morgan fingerprint density at radius 3 is 2.43 bits per heavy atom. The van der Waals surface area contributed by atoms with Crippen molar-refractivity contribution in [2.45, 2.75) is 56.7 Å². The van der Waals surface area contributed by atoms with Crippen LogP contribution in [0.25, 0.3) is 10.8 Å². The Kier molecular flexibility index (Phi) is 4.65. The summed E-state index contributed by atoms with van der Waals surface area (Å²) < 4.78 is 14.6. The zero-order valence-corrected chi connectivity index (χ0v) is 16.9. The van der Waals surface area contributed by atoms with E-state index in [0.29, 0.717) is 11.3 Å². The van der Waals surface area contributed by atoms with E-state index < -0.39 is 6.04 Å². The van der Waals surface area contributed by atoms with E-state index in [0.717, 1.165) is 36.6 Å². The van der Waals surface area contributed by atoms with Crippen LogP contribution >= 0.6 is 0 Å². The maximum absolute atomic E-state index is 13.4. The predicted octanol–water partition coefficient (Wildman–Crippen LogP) is 4.03. The number of aromatic nitrogens is 2. The SMILES string of the molecule is C[C@@H](C(=O)N1[C@@H]2CC[C@@H]1CC(c1ccc(F)cc1)C2)n1ncc2ccccc2c1=O. The van der Waals surface area contributed by atoms with Gasteiger partial charge in [-0.25, -0.2) is 9.07 Å². The van der Waals surface area contributed by atoms with Crippen molar-refractivity contribution >= 4 is 16.7 Å². The molecular weight excluding hydrogens is 381 g/mol. The molecule has 2 aromatic carbocycles. The molecule has 0 aliphatic carbocycles. The minimum absolute atomic E-state index is 0.0371. The Labute approximate surface area is 174 Å². The number of benzene rings is 2. The Morgan fingerprint density at radius 2 is 1.73 bits per heavy atom. The smallest absolute Gasteiger partial charge is 0.275 e. The van der Waals surface area contributed by atoms with Crippen molar-refractivity contribution in [3.63, 3.8) is 0 Å². The summed E-state index contributed by atoms with van der Waals surface area (Å²) >= 11 is 0. The Morgan fingerprint density at radius 1 is 1.07 bits per heavy atom. The second-order valence-electron chi connectivity index (χ2n) is 8.51. The molecule has 0 radical (unpaired) electrons. The van der Waals surface area contributed by atoms with E-state index >= 15 is 0 Å². The zero-order valence-electron chi connectivity index (χ0n) is 16.9. The van der Waals surface area contributed by atoms with E-state index in [1.54, 1.807) is 19.2 Å². The fourth-order valence-corrected chi connectivity index (χ4v) is 5.24. The van der Waals surface area contributed by atoms with Crippen molar-refractivity contribution in [1.82, 2.24) is 14.7 Å². The number of halogens is 1. The van der Waals surface area contributed by atoms with Crippen molar-refractivity contribution in [3.8, 4) is 0 Å². The molecular formula is C24H24FN3O2. The number of carbonyl (C=O) groups is 1. The Balaban J connectivity index is 1.39. The second-order valence-corrected chi connectivity index (χ2v) is 8.51. The molecule has 3 heterocycles. The molecule has 30 heavy (non-hydrogen) atoms. The highest BCUT2D eigenvalue weighted by Gasteiger charge is 2.45. The van der Waals surface area contributed by atoms with Crippen LogP contribution in [0.4, 0.5) is 4.39 Å². The van der Waals surface area contributed by atoms with Crippen molar-refractivity contribution in [1.29, 1.82) is 0 Å². The maximum Gasteiger partial charge on any atom is 0.275 e. The third-order valence-corrected chi connectivity index (χ3v) is 6.77. The van der Waals surface area contributed by atoms with Gasteiger partial charge < -0.3 is 4.90 Å². The molecule has 5 nitrogen and oxygen atoms in total. The van der Waals surface area contributed by atoms with Gasteiger partial charge in [0.15, 0.2) is 0 Å². The number of fused-ring (bicyclic) bond motifs is 3. The number of hydrogen-bond acceptors (Lipinski definition) is 3. The first-order valence-corrected chi connectivity index (χ1v) is 10.6. The number of amides is 1. The molecule has 0 N–H and O–H groups in total. The number of hydrogen-bond donors (Lipinski definition) is 0. The van der Waals surface area contributed by atoms with Gasteiger partial charge in [-0.05, 0) is 62.3 Å². The lowest BCUT2D eigenvalue weighted by Gasteiger charge is -2.40. The van der Waals surface area contributed by atoms with Crippen LogP contribution in [0, 0.1) is 5.82 Å². The molecule has 0 saturated carbocycles. The van der Waals surface area contributed by atoms with Crippen molar-refractivity contribution in [2.24, 2.45) is 0 Å². The highest BCUT2D eigenvalue weighted by molar-refractivity contribution is 5.83. The molecule has 1 amide bonds. The average Bonchev–Trinajstić information content (AvgIpc) is 3.03. The van der Waals surface area contributed by atoms with Crippen LogP contribution in [0.2, 0.25) is 0 Å². The van der Waals surface area contributed by atoms with Gasteiger partial charge in [-0.2, -0.15) is 5.10 Å². The van der Waals surface area contributed by atoms with Crippen LogP contribution < -0.4 is 5.56 Å². The first-order valence-electron chi connectivity index (χ1n) is 10.6. The summed E-state index contributed by atoms with van der Waals surface area (Å²) in [5, 5.41) is 5.64. The van der Waals surface area contributed by atoms with E-state index in [9.17, 15) is 14.0 Å². The van der Waals surface area contributed by atoms with Crippen LogP contribution in [0.1, 0.15) is 50.1 Å². The lowest BCUT2D eigenvalue weighted by Crippen LogP contribution is -2.49. The van der Waals surface area contributed by atoms with Gasteiger partial charge in [0.1, 0.15) is 11.9 Å². The summed E-state index contributed by atoms with van der Waals surface area (Å²) in [5.41, 5.74) is 0.906. The normalized spacial score (nSPS) is 24.2. The van der Waals surface area contributed by atoms with Crippen LogP contribution in [0.15, 0.2) is 59.5 Å². The first-order chi connectivity index (χ1) is 14.5. The molecule has 3 atom stereocenters. The largest absolute Gasteiger partial charge is 0.335 e. The van der Waals surface area contributed by atoms with Crippen LogP contribution in [-0.2, 0) is 4.79 Å². The van der Waals surface area contributed by atoms with E-state index in [4.69, 9.17) is 0 Å². The molecule has 154 valence electrons. The molecule has 2 saturated heterocycles. The van der Waals surface area contributed by atoms with Gasteiger partial charge in [0.25, 0.3) is 5.56 Å². The molecule has 0 unspecified atom stereocenters. The zero-order chi connectivity index (χ0) is 20.8. The van der Waals surface area contributed by atoms with Crippen molar-refractivity contribution in [2.75, 3.05) is 0 Å². The first kappa shape index (κ1) is 19.0. The van der Waals surface area contributed by atoms with Gasteiger partial charge in [-0.3, -0.25) is 9.59 Å². The molecule has 2 aliphatic rings. The third kappa shape index (κ3) is 3.11. The minimum atomic E-state index is -0.646. The topological polar surface area (TPSA) is 55.2 Å². The number of rotatable bonds is 3. The van der Waals surface area contributed by atoms with E-state index in [2.05, 4.69) is 5.10 Å². The van der Waals surface area contributed by atoms with Gasteiger partial charge in [0, 0.05) is 17.5 Å². The van der Waals surface area contributed by atoms with E-state index in [1.807, 2.05) is 35.2 Å². The molecule has 2 fully saturated rings. The predicted molar refractivity (Wildman–Crippen MR) is 113 cm³/mol. The molecule has 3 aromatic rings. The summed E-state index contributed by atoms with van der Waals surface area (Å²) in [4.78, 5) is 28.3. The molecule has 2 aliphatic heterocycles. The summed E-state index contributed by atoms with van der Waals surface area (Å²) in [6, 6.07) is 13.7. The van der Waals surface area contributed by atoms with Gasteiger partial charge in [0.05, 0.1) is 11.6 Å². The van der Waals surface area contributed by atoms with Crippen LogP contribution in [-0.4, -0.2) is 32.7 Å². The maximum atomic E-state index is 13.4. The molecule has 2 bridgehead atoms. The van der Waals surface area contributed by atoms with Crippen molar-refractivity contribution < 1.29 is 9.18 Å². The van der Waals surface area contributed by atoms with Gasteiger partial charge in [0.2, 0.25) is 5.91 Å². The van der Waals surface area contributed by atoms with Crippen molar-refractivity contribution in [3.05, 3.63) is 76.5 Å². The van der Waals surface area contributed by atoms with Crippen LogP contribution in [0.3, 0.4) is 0 Å². The number of piperidine rings is 1. The molecule has 5 rings (SSSR count).